The van der Waals surface area contributed by atoms with Gasteiger partial charge in [0.2, 0.25) is 0 Å². The number of para-hydroxylation sites is 1. The number of hydrogen-bond donors (Lipinski definition) is 1. The van der Waals surface area contributed by atoms with E-state index in [-0.39, 0.29) is 6.54 Å². The number of amides is 3. The van der Waals surface area contributed by atoms with Gasteiger partial charge in [-0.05, 0) is 23.3 Å². The summed E-state index contributed by atoms with van der Waals surface area (Å²) in [6.07, 6.45) is 0. The fourth-order valence-electron chi connectivity index (χ4n) is 3.91. The van der Waals surface area contributed by atoms with Crippen molar-refractivity contribution in [2.24, 2.45) is 0 Å². The molecule has 3 aromatic rings. The standard InChI is InChI=1S/C24H19N3O2/c25-17-24(19-12-6-2-7-13-19)21(18-10-4-1-5-11-18)16-27(22(24)28)23(29)26-20-14-8-3-9-15-20/h1-15,21H,16H2,(H,26,29). The molecule has 2 unspecified atom stereocenters. The number of imide groups is 1. The minimum Gasteiger partial charge on any atom is -0.307 e. The number of nitrogens with one attached hydrogen (secondary N) is 1. The van der Waals surface area contributed by atoms with Gasteiger partial charge in [0.05, 0.1) is 6.07 Å². The van der Waals surface area contributed by atoms with E-state index >= 15 is 0 Å². The summed E-state index contributed by atoms with van der Waals surface area (Å²) >= 11 is 0. The van der Waals surface area contributed by atoms with Crippen LogP contribution in [0.15, 0.2) is 91.0 Å². The van der Waals surface area contributed by atoms with E-state index in [9.17, 15) is 14.9 Å². The second-order valence-corrected chi connectivity index (χ2v) is 6.96. The summed E-state index contributed by atoms with van der Waals surface area (Å²) in [6.45, 7) is 0.129. The number of hydrogen-bond acceptors (Lipinski definition) is 3. The molecule has 5 heteroatoms. The molecular weight excluding hydrogens is 362 g/mol. The third-order valence-corrected chi connectivity index (χ3v) is 5.35. The number of rotatable bonds is 3. The molecule has 0 aliphatic carbocycles. The normalized spacial score (nSPS) is 20.9. The third-order valence-electron chi connectivity index (χ3n) is 5.35. The Balaban J connectivity index is 1.77. The molecule has 1 aliphatic heterocycles. The monoisotopic (exact) mass is 381 g/mol. The van der Waals surface area contributed by atoms with E-state index < -0.39 is 23.3 Å². The van der Waals surface area contributed by atoms with Crippen LogP contribution in [0.2, 0.25) is 0 Å². The van der Waals surface area contributed by atoms with E-state index in [4.69, 9.17) is 0 Å². The van der Waals surface area contributed by atoms with Crippen molar-refractivity contribution in [2.45, 2.75) is 11.3 Å². The van der Waals surface area contributed by atoms with Crippen molar-refractivity contribution in [1.82, 2.24) is 4.90 Å². The minimum atomic E-state index is -1.46. The van der Waals surface area contributed by atoms with Gasteiger partial charge in [-0.25, -0.2) is 4.79 Å². The van der Waals surface area contributed by atoms with Gasteiger partial charge in [0.15, 0.2) is 5.41 Å². The van der Waals surface area contributed by atoms with Crippen molar-refractivity contribution in [3.05, 3.63) is 102 Å². The van der Waals surface area contributed by atoms with Crippen molar-refractivity contribution in [1.29, 1.82) is 5.26 Å². The first-order chi connectivity index (χ1) is 14.2. The maximum atomic E-state index is 13.5. The summed E-state index contributed by atoms with van der Waals surface area (Å²) in [6, 6.07) is 29.1. The van der Waals surface area contributed by atoms with Crippen LogP contribution in [0.5, 0.6) is 0 Å². The number of likely N-dealkylation sites (tertiary alicyclic amines) is 1. The van der Waals surface area contributed by atoms with Gasteiger partial charge >= 0.3 is 6.03 Å². The molecule has 0 radical (unpaired) electrons. The molecule has 3 aromatic carbocycles. The van der Waals surface area contributed by atoms with Crippen LogP contribution in [-0.4, -0.2) is 23.4 Å². The Labute approximate surface area is 169 Å². The van der Waals surface area contributed by atoms with Crippen LogP contribution in [0.4, 0.5) is 10.5 Å². The van der Waals surface area contributed by atoms with Gasteiger partial charge in [-0.2, -0.15) is 5.26 Å². The molecule has 0 aromatic heterocycles. The lowest BCUT2D eigenvalue weighted by molar-refractivity contribution is -0.128. The van der Waals surface area contributed by atoms with Crippen LogP contribution in [0, 0.1) is 11.3 Å². The molecular formula is C24H19N3O2. The average Bonchev–Trinajstić information content (AvgIpc) is 3.09. The molecule has 0 saturated carbocycles. The highest BCUT2D eigenvalue weighted by molar-refractivity contribution is 6.08. The van der Waals surface area contributed by atoms with Crippen molar-refractivity contribution in [3.63, 3.8) is 0 Å². The van der Waals surface area contributed by atoms with Gasteiger partial charge in [-0.3, -0.25) is 9.69 Å². The van der Waals surface area contributed by atoms with Crippen LogP contribution in [0.1, 0.15) is 17.0 Å². The number of carbonyl (C=O) groups excluding carboxylic acids is 2. The van der Waals surface area contributed by atoms with Crippen molar-refractivity contribution >= 4 is 17.6 Å². The van der Waals surface area contributed by atoms with E-state index in [1.807, 2.05) is 42.5 Å². The number of nitrogens with zero attached hydrogens (tertiary/aromatic N) is 2. The van der Waals surface area contributed by atoms with E-state index in [0.717, 1.165) is 10.5 Å². The molecule has 0 bridgehead atoms. The predicted octanol–water partition coefficient (Wildman–Crippen LogP) is 4.31. The summed E-state index contributed by atoms with van der Waals surface area (Å²) < 4.78 is 0. The second-order valence-electron chi connectivity index (χ2n) is 6.96. The minimum absolute atomic E-state index is 0.129. The highest BCUT2D eigenvalue weighted by atomic mass is 16.2. The quantitative estimate of drug-likeness (QED) is 0.735. The van der Waals surface area contributed by atoms with Crippen molar-refractivity contribution < 1.29 is 9.59 Å². The summed E-state index contributed by atoms with van der Waals surface area (Å²) in [5, 5.41) is 13.0. The number of urea groups is 1. The Morgan fingerprint density at radius 3 is 2.07 bits per heavy atom. The van der Waals surface area contributed by atoms with Gasteiger partial charge < -0.3 is 5.32 Å². The molecule has 1 fully saturated rings. The van der Waals surface area contributed by atoms with Gasteiger partial charge in [0.25, 0.3) is 5.91 Å². The molecule has 142 valence electrons. The van der Waals surface area contributed by atoms with Crippen LogP contribution in [-0.2, 0) is 10.2 Å². The lowest BCUT2D eigenvalue weighted by Crippen LogP contribution is -2.42. The van der Waals surface area contributed by atoms with Crippen LogP contribution < -0.4 is 5.32 Å². The SMILES string of the molecule is N#CC1(c2ccccc2)C(=O)N(C(=O)Nc2ccccc2)CC1c1ccccc1. The summed E-state index contributed by atoms with van der Waals surface area (Å²) in [5.41, 5.74) is 0.574. The average molecular weight is 381 g/mol. The molecule has 29 heavy (non-hydrogen) atoms. The fraction of sp³-hybridized carbons (Fsp3) is 0.125. The number of benzene rings is 3. The van der Waals surface area contributed by atoms with Crippen molar-refractivity contribution in [3.8, 4) is 6.07 Å². The first-order valence-electron chi connectivity index (χ1n) is 9.36. The molecule has 1 N–H and O–H groups in total. The van der Waals surface area contributed by atoms with Gasteiger partial charge in [0, 0.05) is 18.2 Å². The highest BCUT2D eigenvalue weighted by Gasteiger charge is 2.58. The zero-order valence-corrected chi connectivity index (χ0v) is 15.7. The lowest BCUT2D eigenvalue weighted by Gasteiger charge is -2.26. The van der Waals surface area contributed by atoms with E-state index in [1.165, 1.54) is 0 Å². The highest BCUT2D eigenvalue weighted by Crippen LogP contribution is 2.46. The zero-order chi connectivity index (χ0) is 20.3. The molecule has 1 heterocycles. The Kier molecular flexibility index (Phi) is 4.84. The molecule has 2 atom stereocenters. The molecule has 4 rings (SSSR count). The molecule has 3 amide bonds. The Morgan fingerprint density at radius 1 is 0.931 bits per heavy atom. The first kappa shape index (κ1) is 18.5. The second kappa shape index (κ2) is 7.61. The van der Waals surface area contributed by atoms with Crippen LogP contribution >= 0.6 is 0 Å². The third kappa shape index (κ3) is 3.15. The summed E-state index contributed by atoms with van der Waals surface area (Å²) in [4.78, 5) is 27.6. The molecule has 1 saturated heterocycles. The molecule has 5 nitrogen and oxygen atoms in total. The maximum absolute atomic E-state index is 13.5. The van der Waals surface area contributed by atoms with Gasteiger partial charge in [-0.1, -0.05) is 78.9 Å². The van der Waals surface area contributed by atoms with Crippen LogP contribution in [0.3, 0.4) is 0 Å². The zero-order valence-electron chi connectivity index (χ0n) is 15.7. The Morgan fingerprint density at radius 2 is 1.48 bits per heavy atom. The number of carbonyl (C=O) groups is 2. The Hall–Kier alpha value is -3.91. The van der Waals surface area contributed by atoms with E-state index in [0.29, 0.717) is 11.3 Å². The van der Waals surface area contributed by atoms with Gasteiger partial charge in [0.1, 0.15) is 0 Å². The van der Waals surface area contributed by atoms with E-state index in [1.54, 1.807) is 48.5 Å². The maximum Gasteiger partial charge on any atom is 0.328 e. The molecule has 1 aliphatic rings. The van der Waals surface area contributed by atoms with E-state index in [2.05, 4.69) is 11.4 Å². The van der Waals surface area contributed by atoms with Crippen molar-refractivity contribution in [2.75, 3.05) is 11.9 Å². The summed E-state index contributed by atoms with van der Waals surface area (Å²) in [7, 11) is 0. The topological polar surface area (TPSA) is 73.2 Å². The smallest absolute Gasteiger partial charge is 0.307 e. The Bertz CT molecular complexity index is 1060. The largest absolute Gasteiger partial charge is 0.328 e. The van der Waals surface area contributed by atoms with Gasteiger partial charge in [-0.15, -0.1) is 0 Å². The van der Waals surface area contributed by atoms with Crippen LogP contribution in [0.25, 0.3) is 0 Å². The summed E-state index contributed by atoms with van der Waals surface area (Å²) in [5.74, 6) is -0.974. The lowest BCUT2D eigenvalue weighted by atomic mass is 9.70. The number of nitriles is 1. The molecule has 0 spiro atoms. The fourth-order valence-corrected chi connectivity index (χ4v) is 3.91. The predicted molar refractivity (Wildman–Crippen MR) is 110 cm³/mol. The number of anilines is 1. The first-order valence-corrected chi connectivity index (χ1v) is 9.36.